The van der Waals surface area contributed by atoms with Crippen molar-refractivity contribution in [1.29, 1.82) is 0 Å². The van der Waals surface area contributed by atoms with E-state index in [9.17, 15) is 4.79 Å². The standard InChI is InChI=1S/C15H19N3O2/c1-15(2,3)20-10-13-12(14(16)19)9-17-18(13)11-7-5-4-6-8-11/h4-9H,10H2,1-3H3,(H2,16,19). The Hall–Kier alpha value is -2.14. The molecule has 0 unspecified atom stereocenters. The van der Waals surface area contributed by atoms with Crippen LogP contribution in [0.1, 0.15) is 36.8 Å². The molecule has 0 saturated carbocycles. The Morgan fingerprint density at radius 3 is 2.50 bits per heavy atom. The molecule has 1 heterocycles. The SMILES string of the molecule is CC(C)(C)OCc1c(C(N)=O)cnn1-c1ccccc1. The second kappa shape index (κ2) is 5.46. The molecule has 5 heteroatoms. The number of benzene rings is 1. The lowest BCUT2D eigenvalue weighted by molar-refractivity contribution is -0.0175. The van der Waals surface area contributed by atoms with Crippen LogP contribution in [0.25, 0.3) is 5.69 Å². The Morgan fingerprint density at radius 2 is 1.95 bits per heavy atom. The van der Waals surface area contributed by atoms with Crippen LogP contribution in [0.4, 0.5) is 0 Å². The summed E-state index contributed by atoms with van der Waals surface area (Å²) in [6.07, 6.45) is 1.48. The summed E-state index contributed by atoms with van der Waals surface area (Å²) < 4.78 is 7.44. The Balaban J connectivity index is 2.40. The van der Waals surface area contributed by atoms with Crippen LogP contribution >= 0.6 is 0 Å². The molecule has 2 rings (SSSR count). The topological polar surface area (TPSA) is 70.1 Å². The first kappa shape index (κ1) is 14.3. The molecular weight excluding hydrogens is 254 g/mol. The average molecular weight is 273 g/mol. The zero-order valence-corrected chi connectivity index (χ0v) is 12.0. The molecule has 5 nitrogen and oxygen atoms in total. The summed E-state index contributed by atoms with van der Waals surface area (Å²) in [4.78, 5) is 11.5. The minimum atomic E-state index is -0.500. The predicted octanol–water partition coefficient (Wildman–Crippen LogP) is 2.29. The van der Waals surface area contributed by atoms with Gasteiger partial charge in [-0.3, -0.25) is 4.79 Å². The monoisotopic (exact) mass is 273 g/mol. The number of rotatable bonds is 4. The number of amides is 1. The fraction of sp³-hybridized carbons (Fsp3) is 0.333. The van der Waals surface area contributed by atoms with Gasteiger partial charge in [-0.05, 0) is 32.9 Å². The van der Waals surface area contributed by atoms with E-state index in [1.54, 1.807) is 4.68 Å². The molecule has 0 saturated heterocycles. The molecule has 0 aliphatic rings. The quantitative estimate of drug-likeness (QED) is 0.929. The Labute approximate surface area is 118 Å². The Morgan fingerprint density at radius 1 is 1.30 bits per heavy atom. The van der Waals surface area contributed by atoms with E-state index < -0.39 is 5.91 Å². The van der Waals surface area contributed by atoms with Gasteiger partial charge in [0.1, 0.15) is 0 Å². The van der Waals surface area contributed by atoms with Gasteiger partial charge >= 0.3 is 0 Å². The molecule has 20 heavy (non-hydrogen) atoms. The van der Waals surface area contributed by atoms with E-state index in [0.717, 1.165) is 5.69 Å². The van der Waals surface area contributed by atoms with Gasteiger partial charge in [0.25, 0.3) is 5.91 Å². The van der Waals surface area contributed by atoms with Crippen LogP contribution in [-0.2, 0) is 11.3 Å². The fourth-order valence-electron chi connectivity index (χ4n) is 1.80. The summed E-state index contributed by atoms with van der Waals surface area (Å²) in [6.45, 7) is 6.15. The molecular formula is C15H19N3O2. The number of carbonyl (C=O) groups excluding carboxylic acids is 1. The van der Waals surface area contributed by atoms with Crippen LogP contribution in [-0.4, -0.2) is 21.3 Å². The number of aromatic nitrogens is 2. The number of para-hydroxylation sites is 1. The molecule has 2 N–H and O–H groups in total. The molecule has 0 atom stereocenters. The van der Waals surface area contributed by atoms with Crippen molar-refractivity contribution in [2.75, 3.05) is 0 Å². The van der Waals surface area contributed by atoms with Crippen LogP contribution in [0.5, 0.6) is 0 Å². The zero-order chi connectivity index (χ0) is 14.8. The van der Waals surface area contributed by atoms with Gasteiger partial charge in [0, 0.05) is 0 Å². The maximum Gasteiger partial charge on any atom is 0.252 e. The first-order valence-corrected chi connectivity index (χ1v) is 6.44. The maximum atomic E-state index is 11.5. The van der Waals surface area contributed by atoms with Crippen LogP contribution in [0.3, 0.4) is 0 Å². The normalized spacial score (nSPS) is 11.6. The van der Waals surface area contributed by atoms with Gasteiger partial charge in [-0.15, -0.1) is 0 Å². The van der Waals surface area contributed by atoms with Crippen molar-refractivity contribution in [3.63, 3.8) is 0 Å². The summed E-state index contributed by atoms with van der Waals surface area (Å²) in [5.41, 5.74) is 7.01. The van der Waals surface area contributed by atoms with Crippen LogP contribution in [0, 0.1) is 0 Å². The van der Waals surface area contributed by atoms with Crippen molar-refractivity contribution in [3.8, 4) is 5.69 Å². The van der Waals surface area contributed by atoms with E-state index in [1.807, 2.05) is 51.1 Å². The largest absolute Gasteiger partial charge is 0.370 e. The average Bonchev–Trinajstić information content (AvgIpc) is 2.80. The predicted molar refractivity (Wildman–Crippen MR) is 76.6 cm³/mol. The first-order valence-electron chi connectivity index (χ1n) is 6.44. The van der Waals surface area contributed by atoms with Gasteiger partial charge in [0.2, 0.25) is 0 Å². The third-order valence-electron chi connectivity index (χ3n) is 2.78. The molecule has 0 aliphatic heterocycles. The molecule has 1 amide bonds. The lowest BCUT2D eigenvalue weighted by Crippen LogP contribution is -2.22. The highest BCUT2D eigenvalue weighted by Crippen LogP contribution is 2.18. The second-order valence-corrected chi connectivity index (χ2v) is 5.52. The van der Waals surface area contributed by atoms with E-state index in [0.29, 0.717) is 11.3 Å². The van der Waals surface area contributed by atoms with E-state index in [2.05, 4.69) is 5.10 Å². The van der Waals surface area contributed by atoms with Crippen molar-refractivity contribution in [3.05, 3.63) is 47.8 Å². The second-order valence-electron chi connectivity index (χ2n) is 5.52. The molecule has 0 aliphatic carbocycles. The van der Waals surface area contributed by atoms with E-state index >= 15 is 0 Å². The van der Waals surface area contributed by atoms with Gasteiger partial charge in [0.05, 0.1) is 35.3 Å². The van der Waals surface area contributed by atoms with Crippen molar-refractivity contribution >= 4 is 5.91 Å². The highest BCUT2D eigenvalue weighted by atomic mass is 16.5. The molecule has 0 spiro atoms. The molecule has 106 valence electrons. The van der Waals surface area contributed by atoms with Gasteiger partial charge in [-0.2, -0.15) is 5.10 Å². The molecule has 2 aromatic rings. The third-order valence-corrected chi connectivity index (χ3v) is 2.78. The molecule has 1 aromatic heterocycles. The van der Waals surface area contributed by atoms with Crippen LogP contribution in [0.2, 0.25) is 0 Å². The van der Waals surface area contributed by atoms with E-state index in [4.69, 9.17) is 10.5 Å². The number of hydrogen-bond acceptors (Lipinski definition) is 3. The fourth-order valence-corrected chi connectivity index (χ4v) is 1.80. The Bertz CT molecular complexity index is 597. The number of primary amides is 1. The first-order chi connectivity index (χ1) is 9.38. The summed E-state index contributed by atoms with van der Waals surface area (Å²) >= 11 is 0. The van der Waals surface area contributed by atoms with Crippen molar-refractivity contribution in [1.82, 2.24) is 9.78 Å². The number of carbonyl (C=O) groups is 1. The molecule has 0 fully saturated rings. The highest BCUT2D eigenvalue weighted by molar-refractivity contribution is 5.93. The van der Waals surface area contributed by atoms with Crippen molar-refractivity contribution < 1.29 is 9.53 Å². The lowest BCUT2D eigenvalue weighted by atomic mass is 10.2. The van der Waals surface area contributed by atoms with Gasteiger partial charge < -0.3 is 10.5 Å². The smallest absolute Gasteiger partial charge is 0.252 e. The van der Waals surface area contributed by atoms with Gasteiger partial charge in [-0.1, -0.05) is 18.2 Å². The summed E-state index contributed by atoms with van der Waals surface area (Å²) in [6, 6.07) is 9.58. The number of hydrogen-bond donors (Lipinski definition) is 1. The molecule has 0 radical (unpaired) electrons. The number of nitrogens with two attached hydrogens (primary N) is 1. The molecule has 0 bridgehead atoms. The van der Waals surface area contributed by atoms with Gasteiger partial charge in [-0.25, -0.2) is 4.68 Å². The van der Waals surface area contributed by atoms with Crippen molar-refractivity contribution in [2.45, 2.75) is 33.0 Å². The summed E-state index contributed by atoms with van der Waals surface area (Å²) in [5, 5.41) is 4.24. The lowest BCUT2D eigenvalue weighted by Gasteiger charge is -2.20. The van der Waals surface area contributed by atoms with Gasteiger partial charge in [0.15, 0.2) is 0 Å². The van der Waals surface area contributed by atoms with E-state index in [1.165, 1.54) is 6.20 Å². The van der Waals surface area contributed by atoms with Crippen molar-refractivity contribution in [2.24, 2.45) is 5.73 Å². The third kappa shape index (κ3) is 3.24. The van der Waals surface area contributed by atoms with Crippen LogP contribution in [0.15, 0.2) is 36.5 Å². The number of ether oxygens (including phenoxy) is 1. The highest BCUT2D eigenvalue weighted by Gasteiger charge is 2.19. The van der Waals surface area contributed by atoms with Crippen LogP contribution < -0.4 is 5.73 Å². The molecule has 1 aromatic carbocycles. The minimum Gasteiger partial charge on any atom is -0.370 e. The minimum absolute atomic E-state index is 0.274. The Kier molecular flexibility index (Phi) is 3.90. The zero-order valence-electron chi connectivity index (χ0n) is 12.0. The number of nitrogens with zero attached hydrogens (tertiary/aromatic N) is 2. The van der Waals surface area contributed by atoms with E-state index in [-0.39, 0.29) is 12.2 Å². The maximum absolute atomic E-state index is 11.5. The summed E-state index contributed by atoms with van der Waals surface area (Å²) in [5.74, 6) is -0.500. The summed E-state index contributed by atoms with van der Waals surface area (Å²) in [7, 11) is 0.